The van der Waals surface area contributed by atoms with Crippen LogP contribution in [0.15, 0.2) is 0 Å². The zero-order valence-corrected chi connectivity index (χ0v) is 28.3. The molecule has 0 saturated carbocycles. The fourth-order valence-corrected chi connectivity index (χ4v) is 26.7. The maximum atomic E-state index is 6.79. The molecule has 0 N–H and O–H groups in total. The van der Waals surface area contributed by atoms with Crippen LogP contribution in [0.1, 0.15) is 125 Å². The molecular formula is C24H56O6P2Pd. The van der Waals surface area contributed by atoms with Gasteiger partial charge in [-0.25, -0.2) is 0 Å². The topological polar surface area (TPSA) is 55.4 Å². The second-order valence-electron chi connectivity index (χ2n) is 14.3. The van der Waals surface area contributed by atoms with E-state index in [1.54, 1.807) is 0 Å². The van der Waals surface area contributed by atoms with Crippen molar-refractivity contribution < 1.29 is 44.1 Å². The van der Waals surface area contributed by atoms with Crippen LogP contribution in [0.5, 0.6) is 0 Å². The van der Waals surface area contributed by atoms with Crippen molar-refractivity contribution in [3.8, 4) is 0 Å². The Hall–Kier alpha value is 1.28. The molecule has 0 atom stereocenters. The normalized spacial score (nSPS) is 16.9. The molecule has 33 heavy (non-hydrogen) atoms. The van der Waals surface area contributed by atoms with Gasteiger partial charge >= 0.3 is 215 Å². The molecule has 0 aromatic heterocycles. The van der Waals surface area contributed by atoms with E-state index in [1.807, 2.05) is 125 Å². The first kappa shape index (κ1) is 34.3. The predicted molar refractivity (Wildman–Crippen MR) is 142 cm³/mol. The quantitative estimate of drug-likeness (QED) is 0.203. The molecule has 0 aliphatic carbocycles. The van der Waals surface area contributed by atoms with Crippen molar-refractivity contribution in [2.45, 2.75) is 158 Å². The van der Waals surface area contributed by atoms with E-state index in [1.165, 1.54) is 0 Å². The van der Waals surface area contributed by atoms with Crippen molar-refractivity contribution >= 4 is 12.3 Å². The van der Waals surface area contributed by atoms with Crippen molar-refractivity contribution in [3.05, 3.63) is 0 Å². The van der Waals surface area contributed by atoms with Crippen LogP contribution in [0.4, 0.5) is 0 Å². The van der Waals surface area contributed by atoms with E-state index in [9.17, 15) is 0 Å². The van der Waals surface area contributed by atoms with Crippen molar-refractivity contribution in [1.82, 2.24) is 0 Å². The molecule has 0 spiro atoms. The van der Waals surface area contributed by atoms with Crippen LogP contribution in [0.25, 0.3) is 0 Å². The molecule has 9 heteroatoms. The Morgan fingerprint density at radius 1 is 0.303 bits per heavy atom. The first-order valence-corrected chi connectivity index (χ1v) is 19.5. The molecule has 0 radical (unpaired) electrons. The van der Waals surface area contributed by atoms with E-state index in [2.05, 4.69) is 0 Å². The minimum absolute atomic E-state index is 0.349. The van der Waals surface area contributed by atoms with Crippen molar-refractivity contribution in [2.24, 2.45) is 0 Å². The molecule has 0 rings (SSSR count). The van der Waals surface area contributed by atoms with Crippen LogP contribution in [-0.4, -0.2) is 33.6 Å². The van der Waals surface area contributed by atoms with Crippen molar-refractivity contribution in [3.63, 3.8) is 0 Å². The molecule has 0 saturated heterocycles. The summed E-state index contributed by atoms with van der Waals surface area (Å²) in [5, 5.41) is 0. The van der Waals surface area contributed by atoms with Crippen LogP contribution >= 0.6 is 12.3 Å². The molecule has 0 bridgehead atoms. The molecule has 208 valence electrons. The van der Waals surface area contributed by atoms with Gasteiger partial charge in [0.1, 0.15) is 0 Å². The summed E-state index contributed by atoms with van der Waals surface area (Å²) in [6.07, 6.45) is -6.80. The monoisotopic (exact) mass is 608 g/mol. The first-order chi connectivity index (χ1) is 13.9. The van der Waals surface area contributed by atoms with Gasteiger partial charge in [0.05, 0.1) is 0 Å². The zero-order chi connectivity index (χ0) is 26.9. The summed E-state index contributed by atoms with van der Waals surface area (Å²) in [5.41, 5.74) is -2.96. The average molecular weight is 609 g/mol. The summed E-state index contributed by atoms with van der Waals surface area (Å²) < 4.78 is 40.7. The SMILES string of the molecule is CC(C)(C)O[PH](OC(C)(C)C)(OC(C)(C)C)[Pd][PH](OC(C)(C)C)(OC(C)(C)C)OC(C)(C)C. The summed E-state index contributed by atoms with van der Waals surface area (Å²) in [7, 11) is 0. The third kappa shape index (κ3) is 17.4. The van der Waals surface area contributed by atoms with Gasteiger partial charge in [0.2, 0.25) is 0 Å². The second-order valence-corrected chi connectivity index (χ2v) is 27.1. The molecule has 0 amide bonds. The van der Waals surface area contributed by atoms with Gasteiger partial charge < -0.3 is 0 Å². The van der Waals surface area contributed by atoms with Gasteiger partial charge in [0.25, 0.3) is 0 Å². The van der Waals surface area contributed by atoms with Gasteiger partial charge in [0, 0.05) is 0 Å². The summed E-state index contributed by atoms with van der Waals surface area (Å²) in [5.74, 6) is 0. The van der Waals surface area contributed by atoms with Crippen LogP contribution in [0.2, 0.25) is 0 Å². The van der Waals surface area contributed by atoms with E-state index < -0.39 is 45.9 Å². The van der Waals surface area contributed by atoms with Gasteiger partial charge in [0.15, 0.2) is 0 Å². The molecule has 0 fully saturated rings. The number of hydrogen-bond donors (Lipinski definition) is 0. The Labute approximate surface area is 214 Å². The van der Waals surface area contributed by atoms with Gasteiger partial charge in [-0.15, -0.1) is 0 Å². The molecule has 6 nitrogen and oxygen atoms in total. The summed E-state index contributed by atoms with van der Waals surface area (Å²) in [4.78, 5) is 0. The third-order valence-corrected chi connectivity index (χ3v) is 20.8. The van der Waals surface area contributed by atoms with Crippen LogP contribution in [0.3, 0.4) is 0 Å². The first-order valence-electron chi connectivity index (χ1n) is 11.8. The fourth-order valence-electron chi connectivity index (χ4n) is 2.42. The van der Waals surface area contributed by atoms with Gasteiger partial charge in [-0.05, 0) is 0 Å². The van der Waals surface area contributed by atoms with Crippen LogP contribution in [-0.2, 0) is 44.1 Å². The third-order valence-electron chi connectivity index (χ3n) is 2.72. The van der Waals surface area contributed by atoms with Crippen LogP contribution < -0.4 is 0 Å². The number of rotatable bonds is 8. The average Bonchev–Trinajstić information content (AvgIpc) is 2.20. The predicted octanol–water partition coefficient (Wildman–Crippen LogP) is 8.78. The Balaban J connectivity index is 7.07. The Morgan fingerprint density at radius 3 is 0.515 bits per heavy atom. The van der Waals surface area contributed by atoms with E-state index in [4.69, 9.17) is 27.1 Å². The standard InChI is InChI=1S/2C12H28O3P.Pd/c2*1-10(2,3)13-16(14-11(4,5)6)15-12(7,8)9;/h2*16H,1-9H3;/q2*+1;-2. The molecule has 0 aliphatic rings. The molecule has 0 aliphatic heterocycles. The van der Waals surface area contributed by atoms with E-state index in [0.29, 0.717) is 0 Å². The fraction of sp³-hybridized carbons (Fsp3) is 1.00. The van der Waals surface area contributed by atoms with E-state index in [0.717, 1.165) is 0 Å². The van der Waals surface area contributed by atoms with Gasteiger partial charge in [-0.3, -0.25) is 0 Å². The minimum atomic E-state index is -3.40. The van der Waals surface area contributed by atoms with Gasteiger partial charge in [-0.1, -0.05) is 0 Å². The van der Waals surface area contributed by atoms with Gasteiger partial charge in [-0.2, -0.15) is 0 Å². The zero-order valence-electron chi connectivity index (χ0n) is 24.8. The summed E-state index contributed by atoms with van der Waals surface area (Å²) in [6, 6.07) is 0. The molecule has 0 unspecified atom stereocenters. The van der Waals surface area contributed by atoms with E-state index >= 15 is 0 Å². The van der Waals surface area contributed by atoms with Crippen molar-refractivity contribution in [1.29, 1.82) is 0 Å². The molecular weight excluding hydrogens is 553 g/mol. The summed E-state index contributed by atoms with van der Waals surface area (Å²) >= 11 is -0.349. The maximum absolute atomic E-state index is 6.79. The van der Waals surface area contributed by atoms with Crippen LogP contribution in [0, 0.1) is 0 Å². The molecule has 0 heterocycles. The second kappa shape index (κ2) is 10.9. The Bertz CT molecular complexity index is 478. The Kier molecular flexibility index (Phi) is 11.4. The van der Waals surface area contributed by atoms with E-state index in [-0.39, 0.29) is 17.0 Å². The number of hydrogen-bond acceptors (Lipinski definition) is 6. The summed E-state index contributed by atoms with van der Waals surface area (Å²) in [6.45, 7) is 36.6. The van der Waals surface area contributed by atoms with Crippen molar-refractivity contribution in [2.75, 3.05) is 0 Å². The Morgan fingerprint density at radius 2 is 0.424 bits per heavy atom. The molecule has 0 aromatic carbocycles. The molecule has 0 aromatic rings.